The van der Waals surface area contributed by atoms with Gasteiger partial charge < -0.3 is 10.4 Å². The third-order valence-corrected chi connectivity index (χ3v) is 6.22. The van der Waals surface area contributed by atoms with Crippen LogP contribution in [-0.4, -0.2) is 42.2 Å². The molecule has 2 N–H and O–H groups in total. The summed E-state index contributed by atoms with van der Waals surface area (Å²) in [4.78, 5) is 14.8. The molecule has 1 aliphatic heterocycles. The minimum Gasteiger partial charge on any atom is -0.396 e. The number of rotatable bonds is 7. The molecule has 1 aromatic rings. The molecule has 138 valence electrons. The summed E-state index contributed by atoms with van der Waals surface area (Å²) in [5, 5.41) is 12.9. The Morgan fingerprint density at radius 3 is 2.44 bits per heavy atom. The van der Waals surface area contributed by atoms with Crippen LogP contribution in [0.25, 0.3) is 0 Å². The molecule has 1 heterocycles. The molecule has 1 saturated heterocycles. The third kappa shape index (κ3) is 4.62. The molecule has 2 fully saturated rings. The molecule has 3 rings (SSSR count). The molecule has 25 heavy (non-hydrogen) atoms. The lowest BCUT2D eigenvalue weighted by Gasteiger charge is -2.40. The van der Waals surface area contributed by atoms with Gasteiger partial charge in [-0.15, -0.1) is 0 Å². The normalized spacial score (nSPS) is 21.7. The summed E-state index contributed by atoms with van der Waals surface area (Å²) in [7, 11) is 0. The Balaban J connectivity index is 1.54. The van der Waals surface area contributed by atoms with E-state index in [4.69, 9.17) is 0 Å². The van der Waals surface area contributed by atoms with Gasteiger partial charge in [-0.2, -0.15) is 0 Å². The first-order chi connectivity index (χ1) is 12.0. The zero-order valence-corrected chi connectivity index (χ0v) is 15.6. The molecule has 0 bridgehead atoms. The molecule has 4 heteroatoms. The molecule has 1 amide bonds. The van der Waals surface area contributed by atoms with Crippen molar-refractivity contribution < 1.29 is 9.90 Å². The van der Waals surface area contributed by atoms with Gasteiger partial charge in [-0.05, 0) is 69.0 Å². The number of benzene rings is 1. The molecular weight excluding hydrogens is 312 g/mol. The number of amides is 1. The number of nitrogens with one attached hydrogen (secondary N) is 1. The second-order valence-electron chi connectivity index (χ2n) is 8.08. The number of carbonyl (C=O) groups excluding carboxylic acids is 1. The maximum atomic E-state index is 12.6. The maximum absolute atomic E-state index is 12.6. The highest BCUT2D eigenvalue weighted by molar-refractivity contribution is 5.78. The van der Waals surface area contributed by atoms with Gasteiger partial charge >= 0.3 is 0 Å². The molecular formula is C21H32N2O2. The summed E-state index contributed by atoms with van der Waals surface area (Å²) in [5.74, 6) is 0.723. The van der Waals surface area contributed by atoms with Crippen molar-refractivity contribution in [2.45, 2.75) is 52.0 Å². The maximum Gasteiger partial charge on any atom is 0.234 e. The van der Waals surface area contributed by atoms with E-state index in [9.17, 15) is 9.90 Å². The Hall–Kier alpha value is -1.39. The lowest BCUT2D eigenvalue weighted by Crippen LogP contribution is -2.46. The summed E-state index contributed by atoms with van der Waals surface area (Å²) >= 11 is 0. The van der Waals surface area contributed by atoms with Gasteiger partial charge in [0, 0.05) is 6.61 Å². The molecule has 1 aliphatic carbocycles. The molecule has 4 nitrogen and oxygen atoms in total. The number of nitrogens with zero attached hydrogens (tertiary/aromatic N) is 1. The number of hydrogen-bond acceptors (Lipinski definition) is 3. The largest absolute Gasteiger partial charge is 0.396 e. The van der Waals surface area contributed by atoms with Crippen molar-refractivity contribution in [2.24, 2.45) is 11.3 Å². The van der Waals surface area contributed by atoms with E-state index in [1.807, 2.05) is 0 Å². The number of hydrogen-bond donors (Lipinski definition) is 2. The molecule has 0 radical (unpaired) electrons. The molecule has 0 spiro atoms. The number of carbonyl (C=O) groups is 1. The van der Waals surface area contributed by atoms with E-state index < -0.39 is 0 Å². The Morgan fingerprint density at radius 2 is 1.92 bits per heavy atom. The van der Waals surface area contributed by atoms with E-state index in [0.29, 0.717) is 12.5 Å². The van der Waals surface area contributed by atoms with Crippen LogP contribution < -0.4 is 5.32 Å². The van der Waals surface area contributed by atoms with Crippen molar-refractivity contribution in [1.29, 1.82) is 0 Å². The Bertz CT molecular complexity index is 566. The van der Waals surface area contributed by atoms with Gasteiger partial charge in [-0.25, -0.2) is 0 Å². The van der Waals surface area contributed by atoms with Crippen LogP contribution in [0.15, 0.2) is 24.3 Å². The minimum atomic E-state index is 0.0748. The van der Waals surface area contributed by atoms with Crippen molar-refractivity contribution in [3.63, 3.8) is 0 Å². The molecule has 1 aromatic carbocycles. The van der Waals surface area contributed by atoms with E-state index >= 15 is 0 Å². The summed E-state index contributed by atoms with van der Waals surface area (Å²) < 4.78 is 0. The summed E-state index contributed by atoms with van der Waals surface area (Å²) in [6.45, 7) is 6.79. The zero-order valence-electron chi connectivity index (χ0n) is 15.6. The van der Waals surface area contributed by atoms with E-state index in [1.165, 1.54) is 24.0 Å². The number of likely N-dealkylation sites (tertiary alicyclic amines) is 1. The van der Waals surface area contributed by atoms with Crippen LogP contribution in [0.1, 0.15) is 56.2 Å². The molecule has 1 saturated carbocycles. The van der Waals surface area contributed by atoms with E-state index in [2.05, 4.69) is 48.3 Å². The number of aryl methyl sites for hydroxylation is 1. The van der Waals surface area contributed by atoms with Crippen LogP contribution in [0, 0.1) is 18.3 Å². The molecule has 0 aromatic heterocycles. The zero-order chi connectivity index (χ0) is 17.9. The molecule has 1 unspecified atom stereocenters. The van der Waals surface area contributed by atoms with Crippen LogP contribution in [0.4, 0.5) is 0 Å². The lowest BCUT2D eigenvalue weighted by atomic mass is 9.77. The average molecular weight is 344 g/mol. The van der Waals surface area contributed by atoms with Gasteiger partial charge in [0.2, 0.25) is 5.91 Å². The van der Waals surface area contributed by atoms with Crippen molar-refractivity contribution >= 4 is 5.91 Å². The Labute approximate surface area is 151 Å². The highest BCUT2D eigenvalue weighted by atomic mass is 16.3. The van der Waals surface area contributed by atoms with E-state index in [0.717, 1.165) is 32.4 Å². The predicted octanol–water partition coefficient (Wildman–Crippen LogP) is 3.05. The van der Waals surface area contributed by atoms with Crippen LogP contribution in [-0.2, 0) is 4.79 Å². The quantitative estimate of drug-likeness (QED) is 0.799. The Morgan fingerprint density at radius 1 is 1.28 bits per heavy atom. The number of aliphatic hydroxyl groups is 1. The number of aliphatic hydroxyl groups excluding tert-OH is 1. The standard InChI is InChI=1S/C21H32N2O2/c1-3-21(15-24)10-12-23(13-11-21)14-19(25)22-20(18-8-9-18)17-6-4-16(2)5-7-17/h4-7,18,20,24H,3,8-15H2,1-2H3,(H,22,25). The van der Waals surface area contributed by atoms with Gasteiger partial charge in [0.25, 0.3) is 0 Å². The lowest BCUT2D eigenvalue weighted by molar-refractivity contribution is -0.123. The fraction of sp³-hybridized carbons (Fsp3) is 0.667. The van der Waals surface area contributed by atoms with Crippen molar-refractivity contribution in [1.82, 2.24) is 10.2 Å². The van der Waals surface area contributed by atoms with Crippen LogP contribution >= 0.6 is 0 Å². The van der Waals surface area contributed by atoms with Crippen LogP contribution in [0.5, 0.6) is 0 Å². The number of piperidine rings is 1. The van der Waals surface area contributed by atoms with Crippen molar-refractivity contribution in [2.75, 3.05) is 26.2 Å². The summed E-state index contributed by atoms with van der Waals surface area (Å²) in [5.41, 5.74) is 2.55. The second kappa shape index (κ2) is 7.88. The van der Waals surface area contributed by atoms with Gasteiger partial charge in [0.15, 0.2) is 0 Å². The van der Waals surface area contributed by atoms with E-state index in [1.54, 1.807) is 0 Å². The SMILES string of the molecule is CCC1(CO)CCN(CC(=O)NC(c2ccc(C)cc2)C2CC2)CC1. The van der Waals surface area contributed by atoms with Gasteiger partial charge in [-0.3, -0.25) is 9.69 Å². The van der Waals surface area contributed by atoms with E-state index in [-0.39, 0.29) is 24.0 Å². The fourth-order valence-electron chi connectivity index (χ4n) is 3.91. The summed E-state index contributed by atoms with van der Waals surface area (Å²) in [6, 6.07) is 8.71. The summed E-state index contributed by atoms with van der Waals surface area (Å²) in [6.07, 6.45) is 5.39. The first-order valence-electron chi connectivity index (χ1n) is 9.74. The second-order valence-corrected chi connectivity index (χ2v) is 8.08. The Kier molecular flexibility index (Phi) is 5.80. The first-order valence-corrected chi connectivity index (χ1v) is 9.74. The highest BCUT2D eigenvalue weighted by Gasteiger charge is 2.35. The molecule has 2 aliphatic rings. The van der Waals surface area contributed by atoms with Crippen molar-refractivity contribution in [3.8, 4) is 0 Å². The van der Waals surface area contributed by atoms with Crippen LogP contribution in [0.2, 0.25) is 0 Å². The molecule has 1 atom stereocenters. The fourth-order valence-corrected chi connectivity index (χ4v) is 3.91. The highest BCUT2D eigenvalue weighted by Crippen LogP contribution is 2.41. The third-order valence-electron chi connectivity index (χ3n) is 6.22. The topological polar surface area (TPSA) is 52.6 Å². The average Bonchev–Trinajstić information content (AvgIpc) is 3.46. The smallest absolute Gasteiger partial charge is 0.234 e. The monoisotopic (exact) mass is 344 g/mol. The first kappa shape index (κ1) is 18.4. The van der Waals surface area contributed by atoms with Gasteiger partial charge in [0.1, 0.15) is 0 Å². The van der Waals surface area contributed by atoms with Gasteiger partial charge in [-0.1, -0.05) is 36.8 Å². The van der Waals surface area contributed by atoms with Crippen molar-refractivity contribution in [3.05, 3.63) is 35.4 Å². The van der Waals surface area contributed by atoms with Crippen LogP contribution in [0.3, 0.4) is 0 Å². The minimum absolute atomic E-state index is 0.0748. The predicted molar refractivity (Wildman–Crippen MR) is 100 cm³/mol. The van der Waals surface area contributed by atoms with Gasteiger partial charge in [0.05, 0.1) is 12.6 Å².